The molecule has 0 aliphatic heterocycles. The second-order valence-corrected chi connectivity index (χ2v) is 6.19. The molecule has 1 aliphatic carbocycles. The third-order valence-electron chi connectivity index (χ3n) is 4.40. The molecule has 1 unspecified atom stereocenters. The summed E-state index contributed by atoms with van der Waals surface area (Å²) in [5.41, 5.74) is 5.63. The molecule has 112 valence electrons. The van der Waals surface area contributed by atoms with Crippen molar-refractivity contribution in [3.05, 3.63) is 47.6 Å². The van der Waals surface area contributed by atoms with Gasteiger partial charge in [-0.15, -0.1) is 0 Å². The second-order valence-electron chi connectivity index (χ2n) is 6.19. The van der Waals surface area contributed by atoms with Crippen LogP contribution in [-0.2, 0) is 11.8 Å². The van der Waals surface area contributed by atoms with E-state index in [0.717, 1.165) is 18.7 Å². The Morgan fingerprint density at radius 1 is 1.33 bits per heavy atom. The van der Waals surface area contributed by atoms with Crippen LogP contribution >= 0.6 is 0 Å². The Hall–Kier alpha value is -1.72. The standard InChI is InChI=1S/C16H21N3O2/c1-15(20,11-17)10-13-18-14(19-21-13)16(8-5-9-16)12-6-3-2-4-7-12/h2-4,6-7,20H,5,8-11,17H2,1H3. The lowest BCUT2D eigenvalue weighted by molar-refractivity contribution is 0.0610. The lowest BCUT2D eigenvalue weighted by atomic mass is 9.64. The molecule has 1 aliphatic rings. The van der Waals surface area contributed by atoms with Crippen LogP contribution in [0.4, 0.5) is 0 Å². The van der Waals surface area contributed by atoms with Crippen LogP contribution in [-0.4, -0.2) is 27.4 Å². The van der Waals surface area contributed by atoms with Crippen LogP contribution < -0.4 is 5.73 Å². The van der Waals surface area contributed by atoms with Gasteiger partial charge in [-0.05, 0) is 25.3 Å². The van der Waals surface area contributed by atoms with Gasteiger partial charge in [0.15, 0.2) is 5.82 Å². The monoisotopic (exact) mass is 287 g/mol. The summed E-state index contributed by atoms with van der Waals surface area (Å²) in [6, 6.07) is 10.3. The summed E-state index contributed by atoms with van der Waals surface area (Å²) in [5, 5.41) is 14.2. The zero-order valence-corrected chi connectivity index (χ0v) is 12.2. The fourth-order valence-corrected chi connectivity index (χ4v) is 2.85. The first-order valence-electron chi connectivity index (χ1n) is 7.37. The third kappa shape index (κ3) is 2.59. The van der Waals surface area contributed by atoms with Gasteiger partial charge in [0.05, 0.1) is 17.4 Å². The van der Waals surface area contributed by atoms with Gasteiger partial charge in [-0.3, -0.25) is 0 Å². The smallest absolute Gasteiger partial charge is 0.229 e. The van der Waals surface area contributed by atoms with Crippen LogP contribution in [0.2, 0.25) is 0 Å². The van der Waals surface area contributed by atoms with E-state index in [1.165, 1.54) is 12.0 Å². The molecular formula is C16H21N3O2. The SMILES string of the molecule is CC(O)(CN)Cc1nc(C2(c3ccccc3)CCC2)no1. The number of nitrogens with zero attached hydrogens (tertiary/aromatic N) is 2. The molecule has 1 atom stereocenters. The summed E-state index contributed by atoms with van der Waals surface area (Å²) >= 11 is 0. The van der Waals surface area contributed by atoms with Crippen molar-refractivity contribution in [2.75, 3.05) is 6.54 Å². The van der Waals surface area contributed by atoms with E-state index in [9.17, 15) is 5.11 Å². The van der Waals surface area contributed by atoms with Gasteiger partial charge in [0.2, 0.25) is 5.89 Å². The highest BCUT2D eigenvalue weighted by molar-refractivity contribution is 5.35. The predicted molar refractivity (Wildman–Crippen MR) is 78.8 cm³/mol. The number of aliphatic hydroxyl groups is 1. The Labute approximate surface area is 124 Å². The lowest BCUT2D eigenvalue weighted by Gasteiger charge is -2.39. The first-order valence-corrected chi connectivity index (χ1v) is 7.37. The van der Waals surface area contributed by atoms with Gasteiger partial charge in [-0.1, -0.05) is 41.9 Å². The van der Waals surface area contributed by atoms with Crippen molar-refractivity contribution in [3.63, 3.8) is 0 Å². The average molecular weight is 287 g/mol. The van der Waals surface area contributed by atoms with E-state index < -0.39 is 5.60 Å². The summed E-state index contributed by atoms with van der Waals surface area (Å²) in [7, 11) is 0. The van der Waals surface area contributed by atoms with E-state index in [1.54, 1.807) is 6.92 Å². The van der Waals surface area contributed by atoms with Crippen LogP contribution in [0.3, 0.4) is 0 Å². The zero-order chi connectivity index (χ0) is 14.9. The highest BCUT2D eigenvalue weighted by Crippen LogP contribution is 2.47. The normalized spacial score (nSPS) is 19.8. The predicted octanol–water partition coefficient (Wildman–Crippen LogP) is 1.79. The van der Waals surface area contributed by atoms with Gasteiger partial charge in [0, 0.05) is 6.54 Å². The van der Waals surface area contributed by atoms with Gasteiger partial charge >= 0.3 is 0 Å². The Balaban J connectivity index is 1.88. The molecule has 2 aromatic rings. The number of benzene rings is 1. The summed E-state index contributed by atoms with van der Waals surface area (Å²) in [6.45, 7) is 1.84. The molecule has 0 saturated heterocycles. The maximum atomic E-state index is 10.0. The van der Waals surface area contributed by atoms with E-state index in [4.69, 9.17) is 10.3 Å². The van der Waals surface area contributed by atoms with Crippen molar-refractivity contribution in [3.8, 4) is 0 Å². The van der Waals surface area contributed by atoms with Crippen LogP contribution in [0.5, 0.6) is 0 Å². The molecule has 1 fully saturated rings. The van der Waals surface area contributed by atoms with Crippen LogP contribution in [0, 0.1) is 0 Å². The van der Waals surface area contributed by atoms with Crippen molar-refractivity contribution in [2.24, 2.45) is 5.73 Å². The molecule has 1 heterocycles. The molecule has 0 amide bonds. The Morgan fingerprint density at radius 3 is 2.62 bits per heavy atom. The molecular weight excluding hydrogens is 266 g/mol. The lowest BCUT2D eigenvalue weighted by Crippen LogP contribution is -2.37. The third-order valence-corrected chi connectivity index (χ3v) is 4.40. The number of rotatable bonds is 5. The highest BCUT2D eigenvalue weighted by Gasteiger charge is 2.44. The molecule has 1 aromatic carbocycles. The summed E-state index contributed by atoms with van der Waals surface area (Å²) < 4.78 is 5.33. The van der Waals surface area contributed by atoms with Gasteiger partial charge in [0.25, 0.3) is 0 Å². The maximum absolute atomic E-state index is 10.0. The minimum absolute atomic E-state index is 0.127. The van der Waals surface area contributed by atoms with Crippen LogP contribution in [0.1, 0.15) is 43.5 Å². The molecule has 5 heteroatoms. The van der Waals surface area contributed by atoms with E-state index >= 15 is 0 Å². The molecule has 0 spiro atoms. The van der Waals surface area contributed by atoms with Crippen LogP contribution in [0.15, 0.2) is 34.9 Å². The van der Waals surface area contributed by atoms with Crippen molar-refractivity contribution in [1.82, 2.24) is 10.1 Å². The molecule has 5 nitrogen and oxygen atoms in total. The van der Waals surface area contributed by atoms with Crippen LogP contribution in [0.25, 0.3) is 0 Å². The minimum Gasteiger partial charge on any atom is -0.388 e. The number of hydrogen-bond donors (Lipinski definition) is 2. The first kappa shape index (κ1) is 14.2. The zero-order valence-electron chi connectivity index (χ0n) is 12.2. The fourth-order valence-electron chi connectivity index (χ4n) is 2.85. The molecule has 3 N–H and O–H groups in total. The van der Waals surface area contributed by atoms with Gasteiger partial charge in [-0.2, -0.15) is 4.98 Å². The second kappa shape index (κ2) is 5.24. The number of aromatic nitrogens is 2. The summed E-state index contributed by atoms with van der Waals surface area (Å²) in [6.07, 6.45) is 3.51. The Morgan fingerprint density at radius 2 is 2.05 bits per heavy atom. The molecule has 3 rings (SSSR count). The quantitative estimate of drug-likeness (QED) is 0.875. The molecule has 0 radical (unpaired) electrons. The molecule has 21 heavy (non-hydrogen) atoms. The first-order chi connectivity index (χ1) is 10.1. The minimum atomic E-state index is -1.01. The average Bonchev–Trinajstić information content (AvgIpc) is 2.87. The number of hydrogen-bond acceptors (Lipinski definition) is 5. The van der Waals surface area contributed by atoms with Crippen molar-refractivity contribution >= 4 is 0 Å². The van der Waals surface area contributed by atoms with Crippen molar-refractivity contribution in [1.29, 1.82) is 0 Å². The topological polar surface area (TPSA) is 85.2 Å². The van der Waals surface area contributed by atoms with E-state index in [1.807, 2.05) is 18.2 Å². The van der Waals surface area contributed by atoms with Crippen molar-refractivity contribution < 1.29 is 9.63 Å². The van der Waals surface area contributed by atoms with E-state index in [0.29, 0.717) is 5.89 Å². The summed E-state index contributed by atoms with van der Waals surface area (Å²) in [5.74, 6) is 1.17. The fraction of sp³-hybridized carbons (Fsp3) is 0.500. The van der Waals surface area contributed by atoms with Crippen molar-refractivity contribution in [2.45, 2.75) is 43.6 Å². The Bertz CT molecular complexity index is 603. The number of nitrogens with two attached hydrogens (primary N) is 1. The molecule has 1 saturated carbocycles. The Kier molecular flexibility index (Phi) is 3.55. The van der Waals surface area contributed by atoms with Gasteiger partial charge in [0.1, 0.15) is 0 Å². The molecule has 1 aromatic heterocycles. The molecule has 0 bridgehead atoms. The largest absolute Gasteiger partial charge is 0.388 e. The van der Waals surface area contributed by atoms with Gasteiger partial charge in [-0.25, -0.2) is 0 Å². The van der Waals surface area contributed by atoms with E-state index in [2.05, 4.69) is 22.3 Å². The maximum Gasteiger partial charge on any atom is 0.229 e. The highest BCUT2D eigenvalue weighted by atomic mass is 16.5. The summed E-state index contributed by atoms with van der Waals surface area (Å²) in [4.78, 5) is 4.52. The van der Waals surface area contributed by atoms with E-state index in [-0.39, 0.29) is 18.4 Å². The van der Waals surface area contributed by atoms with Gasteiger partial charge < -0.3 is 15.4 Å².